The summed E-state index contributed by atoms with van der Waals surface area (Å²) in [6, 6.07) is 7.01. The largest absolute Gasteiger partial charge is 0.316 e. The maximum absolute atomic E-state index is 14.0. The summed E-state index contributed by atoms with van der Waals surface area (Å²) >= 11 is 3.40. The van der Waals surface area contributed by atoms with Crippen LogP contribution in [0.3, 0.4) is 0 Å². The molecule has 3 nitrogen and oxygen atoms in total. The van der Waals surface area contributed by atoms with E-state index in [1.54, 1.807) is 16.8 Å². The average Bonchev–Trinajstić information content (AvgIpc) is 2.84. The van der Waals surface area contributed by atoms with Crippen molar-refractivity contribution in [1.82, 2.24) is 15.1 Å². The minimum Gasteiger partial charge on any atom is -0.316 e. The van der Waals surface area contributed by atoms with E-state index in [0.29, 0.717) is 11.5 Å². The van der Waals surface area contributed by atoms with E-state index in [1.807, 2.05) is 13.1 Å². The predicted octanol–water partition coefficient (Wildman–Crippen LogP) is 3.46. The van der Waals surface area contributed by atoms with E-state index in [1.165, 1.54) is 12.5 Å². The molecule has 1 unspecified atom stereocenters. The fourth-order valence-corrected chi connectivity index (χ4v) is 3.10. The van der Waals surface area contributed by atoms with Gasteiger partial charge in [-0.15, -0.1) is 0 Å². The third-order valence-electron chi connectivity index (χ3n) is 3.82. The van der Waals surface area contributed by atoms with Crippen LogP contribution in [0.5, 0.6) is 0 Å². The van der Waals surface area contributed by atoms with Gasteiger partial charge in [-0.1, -0.05) is 15.9 Å². The van der Waals surface area contributed by atoms with Crippen LogP contribution < -0.4 is 5.32 Å². The van der Waals surface area contributed by atoms with Crippen molar-refractivity contribution in [2.24, 2.45) is 7.05 Å². The molecule has 1 fully saturated rings. The lowest BCUT2D eigenvalue weighted by molar-refractivity contribution is 0.451. The molecule has 1 aromatic carbocycles. The average molecular weight is 338 g/mol. The predicted molar refractivity (Wildman–Crippen MR) is 81.1 cm³/mol. The number of hydrogen-bond acceptors (Lipinski definition) is 2. The molecule has 1 aliphatic heterocycles. The van der Waals surface area contributed by atoms with Crippen LogP contribution in [0.15, 0.2) is 28.7 Å². The zero-order chi connectivity index (χ0) is 14.1. The molecule has 1 saturated heterocycles. The maximum atomic E-state index is 14.0. The molecular formula is C15H17BrFN3. The molecule has 106 valence electrons. The first-order valence-electron chi connectivity index (χ1n) is 6.85. The molecule has 2 heterocycles. The molecule has 0 radical (unpaired) electrons. The lowest BCUT2D eigenvalue weighted by Crippen LogP contribution is -2.28. The summed E-state index contributed by atoms with van der Waals surface area (Å²) in [5.41, 5.74) is 2.46. The molecule has 1 aliphatic rings. The fraction of sp³-hybridized carbons (Fsp3) is 0.400. The first kappa shape index (κ1) is 13.8. The second kappa shape index (κ2) is 5.66. The smallest absolute Gasteiger partial charge is 0.132 e. The number of hydrogen-bond donors (Lipinski definition) is 1. The summed E-state index contributed by atoms with van der Waals surface area (Å²) in [4.78, 5) is 0. The number of rotatable bonds is 2. The van der Waals surface area contributed by atoms with E-state index in [2.05, 4.69) is 26.3 Å². The van der Waals surface area contributed by atoms with Gasteiger partial charge >= 0.3 is 0 Å². The highest BCUT2D eigenvalue weighted by Gasteiger charge is 2.20. The Labute approximate surface area is 126 Å². The van der Waals surface area contributed by atoms with Crippen molar-refractivity contribution >= 4 is 15.9 Å². The standard InChI is InChI=1S/C15H17BrFN3/c1-20-15(12-7-11(16)4-5-13(12)17)8-14(19-20)10-3-2-6-18-9-10/h4-5,7-8,10,18H,2-3,6,9H2,1H3. The van der Waals surface area contributed by atoms with Crippen molar-refractivity contribution in [3.63, 3.8) is 0 Å². The van der Waals surface area contributed by atoms with Crippen LogP contribution in [0, 0.1) is 5.82 Å². The van der Waals surface area contributed by atoms with Gasteiger partial charge in [0.05, 0.1) is 11.4 Å². The van der Waals surface area contributed by atoms with Crippen LogP contribution in [-0.2, 0) is 7.05 Å². The third kappa shape index (κ3) is 2.65. The number of aryl methyl sites for hydroxylation is 1. The molecule has 1 N–H and O–H groups in total. The van der Waals surface area contributed by atoms with Gasteiger partial charge in [-0.3, -0.25) is 4.68 Å². The maximum Gasteiger partial charge on any atom is 0.132 e. The van der Waals surface area contributed by atoms with Gasteiger partial charge in [-0.05, 0) is 43.7 Å². The molecule has 0 spiro atoms. The van der Waals surface area contributed by atoms with Gasteiger partial charge in [0.2, 0.25) is 0 Å². The Morgan fingerprint density at radius 3 is 3.00 bits per heavy atom. The van der Waals surface area contributed by atoms with E-state index in [4.69, 9.17) is 0 Å². The minimum absolute atomic E-state index is 0.218. The zero-order valence-electron chi connectivity index (χ0n) is 11.4. The Hall–Kier alpha value is -1.20. The number of piperidine rings is 1. The Bertz CT molecular complexity index is 618. The molecule has 0 aliphatic carbocycles. The quantitative estimate of drug-likeness (QED) is 0.909. The van der Waals surface area contributed by atoms with E-state index in [9.17, 15) is 4.39 Å². The summed E-state index contributed by atoms with van der Waals surface area (Å²) < 4.78 is 16.7. The van der Waals surface area contributed by atoms with Crippen LogP contribution >= 0.6 is 15.9 Å². The molecule has 5 heteroatoms. The SMILES string of the molecule is Cn1nc(C2CCCNC2)cc1-c1cc(Br)ccc1F. The Morgan fingerprint density at radius 1 is 1.40 bits per heavy atom. The lowest BCUT2D eigenvalue weighted by Gasteiger charge is -2.20. The highest BCUT2D eigenvalue weighted by molar-refractivity contribution is 9.10. The minimum atomic E-state index is -0.218. The lowest BCUT2D eigenvalue weighted by atomic mass is 9.96. The molecule has 3 rings (SSSR count). The second-order valence-corrected chi connectivity index (χ2v) is 6.16. The number of benzene rings is 1. The number of nitrogens with zero attached hydrogens (tertiary/aromatic N) is 2. The fourth-order valence-electron chi connectivity index (χ4n) is 2.74. The first-order valence-corrected chi connectivity index (χ1v) is 7.64. The van der Waals surface area contributed by atoms with Crippen LogP contribution in [0.1, 0.15) is 24.5 Å². The number of halogens is 2. The van der Waals surface area contributed by atoms with Gasteiger partial charge < -0.3 is 5.32 Å². The number of nitrogens with one attached hydrogen (secondary N) is 1. The number of aromatic nitrogens is 2. The van der Waals surface area contributed by atoms with E-state index < -0.39 is 0 Å². The molecular weight excluding hydrogens is 321 g/mol. The van der Waals surface area contributed by atoms with Gasteiger partial charge in [0.25, 0.3) is 0 Å². The van der Waals surface area contributed by atoms with Crippen molar-refractivity contribution in [2.45, 2.75) is 18.8 Å². The second-order valence-electron chi connectivity index (χ2n) is 5.25. The topological polar surface area (TPSA) is 29.9 Å². The Morgan fingerprint density at radius 2 is 2.25 bits per heavy atom. The van der Waals surface area contributed by atoms with Gasteiger partial charge in [-0.25, -0.2) is 4.39 Å². The van der Waals surface area contributed by atoms with Crippen molar-refractivity contribution < 1.29 is 4.39 Å². The van der Waals surface area contributed by atoms with Gasteiger partial charge in [-0.2, -0.15) is 5.10 Å². The van der Waals surface area contributed by atoms with Gasteiger partial charge in [0.1, 0.15) is 5.82 Å². The Balaban J connectivity index is 1.98. The normalized spacial score (nSPS) is 19.2. The summed E-state index contributed by atoms with van der Waals surface area (Å²) in [5, 5.41) is 7.97. The van der Waals surface area contributed by atoms with Crippen molar-refractivity contribution in [3.05, 3.63) is 40.2 Å². The van der Waals surface area contributed by atoms with Crippen LogP contribution in [-0.4, -0.2) is 22.9 Å². The molecule has 1 atom stereocenters. The van der Waals surface area contributed by atoms with E-state index in [0.717, 1.165) is 35.4 Å². The van der Waals surface area contributed by atoms with Crippen LogP contribution in [0.25, 0.3) is 11.3 Å². The first-order chi connectivity index (χ1) is 9.65. The summed E-state index contributed by atoms with van der Waals surface area (Å²) in [6.07, 6.45) is 2.31. The Kier molecular flexibility index (Phi) is 3.89. The summed E-state index contributed by atoms with van der Waals surface area (Å²) in [6.45, 7) is 2.04. The molecule has 0 bridgehead atoms. The van der Waals surface area contributed by atoms with Crippen LogP contribution in [0.4, 0.5) is 4.39 Å². The molecule has 2 aromatic rings. The third-order valence-corrected chi connectivity index (χ3v) is 4.31. The monoisotopic (exact) mass is 337 g/mol. The van der Waals surface area contributed by atoms with Crippen molar-refractivity contribution in [3.8, 4) is 11.3 Å². The van der Waals surface area contributed by atoms with Crippen molar-refractivity contribution in [2.75, 3.05) is 13.1 Å². The van der Waals surface area contributed by atoms with Crippen LogP contribution in [0.2, 0.25) is 0 Å². The summed E-state index contributed by atoms with van der Waals surface area (Å²) in [5.74, 6) is 0.212. The van der Waals surface area contributed by atoms with Gasteiger partial charge in [0, 0.05) is 29.5 Å². The van der Waals surface area contributed by atoms with E-state index >= 15 is 0 Å². The van der Waals surface area contributed by atoms with Crippen molar-refractivity contribution in [1.29, 1.82) is 0 Å². The zero-order valence-corrected chi connectivity index (χ0v) is 13.0. The molecule has 20 heavy (non-hydrogen) atoms. The van der Waals surface area contributed by atoms with Gasteiger partial charge in [0.15, 0.2) is 0 Å². The molecule has 0 amide bonds. The van der Waals surface area contributed by atoms with E-state index in [-0.39, 0.29) is 5.82 Å². The highest BCUT2D eigenvalue weighted by atomic mass is 79.9. The summed E-state index contributed by atoms with van der Waals surface area (Å²) in [7, 11) is 1.87. The molecule has 0 saturated carbocycles. The highest BCUT2D eigenvalue weighted by Crippen LogP contribution is 2.30. The molecule has 1 aromatic heterocycles.